The second-order valence-electron chi connectivity index (χ2n) is 1.98. The maximum Gasteiger partial charge on any atom is 0.478 e. The molecule has 9 nitrogen and oxygen atoms in total. The Morgan fingerprint density at radius 1 is 1.27 bits per heavy atom. The van der Waals surface area contributed by atoms with Crippen LogP contribution in [-0.4, -0.2) is 29.5 Å². The molecule has 1 aromatic heterocycles. The third-order valence-electron chi connectivity index (χ3n) is 0.697. The molecule has 0 fully saturated rings. The van der Waals surface area contributed by atoms with E-state index in [0.717, 1.165) is 0 Å². The van der Waals surface area contributed by atoms with Crippen molar-refractivity contribution in [3.63, 3.8) is 0 Å². The van der Waals surface area contributed by atoms with Crippen LogP contribution in [0.5, 0.6) is 0 Å². The fourth-order valence-corrected chi connectivity index (χ4v) is 1.65. The summed E-state index contributed by atoms with van der Waals surface area (Å²) in [6, 6.07) is 0. The van der Waals surface area contributed by atoms with Gasteiger partial charge in [0, 0.05) is 12.4 Å². The molecule has 12 heteroatoms. The molecular formula is C3H8N2O7P2S. The molecule has 0 aliphatic rings. The van der Waals surface area contributed by atoms with Crippen molar-refractivity contribution >= 4 is 28.3 Å². The first-order valence-corrected chi connectivity index (χ1v) is 6.62. The van der Waals surface area contributed by atoms with Crippen LogP contribution in [0.4, 0.5) is 0 Å². The molecule has 0 aliphatic carbocycles. The second-order valence-corrected chi connectivity index (χ2v) is 5.01. The highest BCUT2D eigenvalue weighted by molar-refractivity contribution is 7.80. The van der Waals surface area contributed by atoms with Gasteiger partial charge in [-0.15, -0.1) is 12.6 Å². The molecule has 0 saturated heterocycles. The normalized spacial score (nSPS) is 11.8. The van der Waals surface area contributed by atoms with E-state index in [-0.39, 0.29) is 0 Å². The molecule has 0 bridgehead atoms. The molecule has 15 heavy (non-hydrogen) atoms. The van der Waals surface area contributed by atoms with Crippen LogP contribution in [0.2, 0.25) is 0 Å². The smallest absolute Gasteiger partial charge is 0.340 e. The zero-order chi connectivity index (χ0) is 12.1. The number of rotatable bonds is 2. The van der Waals surface area contributed by atoms with Crippen LogP contribution in [-0.2, 0) is 13.4 Å². The number of thiol groups is 1. The highest BCUT2D eigenvalue weighted by Gasteiger charge is 2.27. The molecule has 5 N–H and O–H groups in total. The number of phosphoric acid groups is 2. The lowest BCUT2D eigenvalue weighted by Crippen LogP contribution is -1.84. The summed E-state index contributed by atoms with van der Waals surface area (Å²) in [4.78, 5) is 37.5. The summed E-state index contributed by atoms with van der Waals surface area (Å²) in [7, 11) is -10.1. The van der Waals surface area contributed by atoms with Gasteiger partial charge in [-0.2, -0.15) is 4.31 Å². The minimum Gasteiger partial charge on any atom is -0.340 e. The van der Waals surface area contributed by atoms with Crippen molar-refractivity contribution in [1.29, 1.82) is 0 Å². The van der Waals surface area contributed by atoms with Crippen LogP contribution in [0.3, 0.4) is 0 Å². The quantitative estimate of drug-likeness (QED) is 0.323. The molecule has 0 saturated carbocycles. The number of imidazole rings is 1. The van der Waals surface area contributed by atoms with E-state index >= 15 is 0 Å². The molecule has 1 rings (SSSR count). The predicted octanol–water partition coefficient (Wildman–Crippen LogP) is -0.113. The first kappa shape index (κ1) is 14.8. The number of nitrogens with one attached hydrogen (secondary N) is 1. The van der Waals surface area contributed by atoms with Gasteiger partial charge in [-0.05, 0) is 0 Å². The SMILES string of the molecule is O=P(O)(O)OP(=O)(O)O.Sc1ncc[nH]1. The Kier molecular flexibility index (Phi) is 5.71. The number of hydrogen-bond acceptors (Lipinski definition) is 5. The lowest BCUT2D eigenvalue weighted by molar-refractivity contribution is 0.225. The van der Waals surface area contributed by atoms with E-state index in [1.165, 1.54) is 0 Å². The van der Waals surface area contributed by atoms with Gasteiger partial charge in [0.25, 0.3) is 0 Å². The second kappa shape index (κ2) is 5.78. The third-order valence-corrected chi connectivity index (χ3v) is 2.64. The molecule has 0 amide bonds. The van der Waals surface area contributed by atoms with Crippen LogP contribution in [0.1, 0.15) is 0 Å². The average Bonchev–Trinajstić information content (AvgIpc) is 2.31. The van der Waals surface area contributed by atoms with Crippen molar-refractivity contribution in [3.8, 4) is 0 Å². The summed E-state index contributed by atoms with van der Waals surface area (Å²) >= 11 is 3.87. The maximum atomic E-state index is 9.63. The maximum absolute atomic E-state index is 9.63. The number of H-pyrrole nitrogens is 1. The van der Waals surface area contributed by atoms with E-state index in [1.807, 2.05) is 0 Å². The van der Waals surface area contributed by atoms with Gasteiger partial charge in [-0.3, -0.25) is 0 Å². The Morgan fingerprint density at radius 2 is 1.73 bits per heavy atom. The molecule has 0 aromatic carbocycles. The topological polar surface area (TPSA) is 153 Å². The number of nitrogens with zero attached hydrogens (tertiary/aromatic N) is 1. The summed E-state index contributed by atoms with van der Waals surface area (Å²) in [5.41, 5.74) is 0. The molecule has 0 aliphatic heterocycles. The van der Waals surface area contributed by atoms with Gasteiger partial charge < -0.3 is 24.6 Å². The Bertz CT molecular complexity index is 348. The van der Waals surface area contributed by atoms with E-state index < -0.39 is 15.6 Å². The van der Waals surface area contributed by atoms with Crippen molar-refractivity contribution in [2.24, 2.45) is 0 Å². The standard InChI is InChI=1S/C3H4N2S.H4O7P2/c6-3-4-1-2-5-3;1-8(2,3)7-9(4,5)6/h1-2H,(H2,4,5,6);(H2,1,2,3)(H2,4,5,6). The van der Waals surface area contributed by atoms with Gasteiger partial charge >= 0.3 is 15.6 Å². The number of aromatic amines is 1. The number of hydrogen-bond donors (Lipinski definition) is 6. The highest BCUT2D eigenvalue weighted by atomic mass is 32.1. The monoisotopic (exact) mass is 278 g/mol. The van der Waals surface area contributed by atoms with E-state index in [1.54, 1.807) is 12.4 Å². The van der Waals surface area contributed by atoms with Crippen LogP contribution >= 0.6 is 28.3 Å². The van der Waals surface area contributed by atoms with Crippen LogP contribution in [0, 0.1) is 0 Å². The van der Waals surface area contributed by atoms with Gasteiger partial charge in [0.2, 0.25) is 0 Å². The zero-order valence-electron chi connectivity index (χ0n) is 6.96. The van der Waals surface area contributed by atoms with Crippen LogP contribution < -0.4 is 0 Å². The molecule has 1 heterocycles. The molecule has 1 aromatic rings. The zero-order valence-corrected chi connectivity index (χ0v) is 9.64. The van der Waals surface area contributed by atoms with E-state index in [2.05, 4.69) is 26.9 Å². The van der Waals surface area contributed by atoms with Crippen molar-refractivity contribution in [2.45, 2.75) is 5.16 Å². The molecule has 88 valence electrons. The van der Waals surface area contributed by atoms with E-state index in [9.17, 15) is 9.13 Å². The fraction of sp³-hybridized carbons (Fsp3) is 0. The predicted molar refractivity (Wildman–Crippen MR) is 51.0 cm³/mol. The summed E-state index contributed by atoms with van der Waals surface area (Å²) in [5, 5.41) is 0.662. The van der Waals surface area contributed by atoms with Gasteiger partial charge in [0.1, 0.15) is 0 Å². The van der Waals surface area contributed by atoms with Gasteiger partial charge in [-0.1, -0.05) is 0 Å². The first-order chi connectivity index (χ1) is 6.60. The summed E-state index contributed by atoms with van der Waals surface area (Å²) < 4.78 is 22.2. The minimum atomic E-state index is -5.05. The van der Waals surface area contributed by atoms with Crippen molar-refractivity contribution in [3.05, 3.63) is 12.4 Å². The number of aromatic nitrogens is 2. The Labute approximate surface area is 89.4 Å². The van der Waals surface area contributed by atoms with Crippen molar-refractivity contribution in [2.75, 3.05) is 0 Å². The molecule has 0 atom stereocenters. The summed E-state index contributed by atoms with van der Waals surface area (Å²) in [6.45, 7) is 0. The summed E-state index contributed by atoms with van der Waals surface area (Å²) in [5.74, 6) is 0. The van der Waals surface area contributed by atoms with Gasteiger partial charge in [0.05, 0.1) is 0 Å². The fourth-order valence-electron chi connectivity index (χ4n) is 0.395. The first-order valence-electron chi connectivity index (χ1n) is 3.11. The Balaban J connectivity index is 0.000000280. The third kappa shape index (κ3) is 11.7. The lowest BCUT2D eigenvalue weighted by Gasteiger charge is -2.03. The van der Waals surface area contributed by atoms with Crippen molar-refractivity contribution in [1.82, 2.24) is 9.97 Å². The van der Waals surface area contributed by atoms with Crippen molar-refractivity contribution < 1.29 is 33.0 Å². The Morgan fingerprint density at radius 3 is 1.80 bits per heavy atom. The largest absolute Gasteiger partial charge is 0.478 e. The molecule has 0 radical (unpaired) electrons. The highest BCUT2D eigenvalue weighted by Crippen LogP contribution is 2.53. The van der Waals surface area contributed by atoms with Gasteiger partial charge in [0.15, 0.2) is 5.16 Å². The molecular weight excluding hydrogens is 270 g/mol. The Hall–Kier alpha value is -0.180. The van der Waals surface area contributed by atoms with E-state index in [0.29, 0.717) is 5.16 Å². The minimum absolute atomic E-state index is 0.662. The summed E-state index contributed by atoms with van der Waals surface area (Å²) in [6.07, 6.45) is 3.38. The van der Waals surface area contributed by atoms with Crippen LogP contribution in [0.25, 0.3) is 0 Å². The van der Waals surface area contributed by atoms with E-state index in [4.69, 9.17) is 19.6 Å². The molecule has 0 spiro atoms. The average molecular weight is 278 g/mol. The van der Waals surface area contributed by atoms with Crippen LogP contribution in [0.15, 0.2) is 17.6 Å². The molecule has 0 unspecified atom stereocenters. The van der Waals surface area contributed by atoms with Gasteiger partial charge in [-0.25, -0.2) is 14.1 Å². The lowest BCUT2D eigenvalue weighted by atomic mass is 11.0.